The number of fused-ring (bicyclic) bond motifs is 6. The number of benzene rings is 2. The Kier molecular flexibility index (Phi) is 5.71. The lowest BCUT2D eigenvalue weighted by Crippen LogP contribution is -2.34. The molecule has 0 N–H and O–H groups in total. The van der Waals surface area contributed by atoms with Crippen molar-refractivity contribution in [2.75, 3.05) is 35.5 Å². The van der Waals surface area contributed by atoms with Crippen molar-refractivity contribution in [2.45, 2.75) is 38.3 Å². The highest BCUT2D eigenvalue weighted by Gasteiger charge is 2.40. The van der Waals surface area contributed by atoms with Crippen molar-refractivity contribution >= 4 is 5.97 Å². The van der Waals surface area contributed by atoms with Crippen molar-refractivity contribution in [2.24, 2.45) is 0 Å². The molecule has 2 bridgehead atoms. The Hall–Kier alpha value is -2.93. The van der Waals surface area contributed by atoms with Crippen LogP contribution in [-0.4, -0.2) is 46.4 Å². The minimum Gasteiger partial charge on any atom is -0.493 e. The fourth-order valence-corrected chi connectivity index (χ4v) is 5.05. The monoisotopic (exact) mass is 427 g/mol. The topological polar surface area (TPSA) is 66.5 Å². The normalized spacial score (nSPS) is 19.5. The zero-order chi connectivity index (χ0) is 22.3. The molecule has 4 rings (SSSR count). The zero-order valence-electron chi connectivity index (χ0n) is 18.9. The maximum absolute atomic E-state index is 11.6. The highest BCUT2D eigenvalue weighted by atomic mass is 16.6. The first-order valence-corrected chi connectivity index (χ1v) is 10.4. The van der Waals surface area contributed by atoms with Crippen LogP contribution >= 0.6 is 0 Å². The van der Waals surface area contributed by atoms with Gasteiger partial charge in [0.25, 0.3) is 0 Å². The van der Waals surface area contributed by atoms with Crippen LogP contribution in [-0.2, 0) is 17.6 Å². The molecule has 0 amide bonds. The average molecular weight is 427 g/mol. The fourth-order valence-electron chi connectivity index (χ4n) is 5.05. The molecule has 7 heteroatoms. The second-order valence-electron chi connectivity index (χ2n) is 7.95. The number of methoxy groups -OCH3 is 4. The molecule has 0 radical (unpaired) electrons. The van der Waals surface area contributed by atoms with E-state index < -0.39 is 0 Å². The van der Waals surface area contributed by atoms with E-state index in [9.17, 15) is 4.79 Å². The van der Waals surface area contributed by atoms with E-state index in [1.807, 2.05) is 12.1 Å². The summed E-state index contributed by atoms with van der Waals surface area (Å²) in [5.41, 5.74) is 4.69. The van der Waals surface area contributed by atoms with Gasteiger partial charge in [0.1, 0.15) is 0 Å². The van der Waals surface area contributed by atoms with Crippen LogP contribution in [0.5, 0.6) is 28.7 Å². The van der Waals surface area contributed by atoms with Crippen molar-refractivity contribution in [1.82, 2.24) is 4.90 Å². The van der Waals surface area contributed by atoms with E-state index in [1.54, 1.807) is 28.4 Å². The van der Waals surface area contributed by atoms with Gasteiger partial charge in [-0.05, 0) is 61.2 Å². The molecule has 0 spiro atoms. The molecule has 0 saturated carbocycles. The molecule has 2 aromatic carbocycles. The maximum Gasteiger partial charge on any atom is 0.308 e. The lowest BCUT2D eigenvalue weighted by atomic mass is 9.85. The van der Waals surface area contributed by atoms with E-state index in [1.165, 1.54) is 23.6 Å². The molecule has 2 aliphatic heterocycles. The predicted octanol–water partition coefficient (Wildman–Crippen LogP) is 3.86. The Balaban J connectivity index is 1.88. The Bertz CT molecular complexity index is 1020. The van der Waals surface area contributed by atoms with Gasteiger partial charge in [0.2, 0.25) is 5.75 Å². The second kappa shape index (κ2) is 8.30. The van der Waals surface area contributed by atoms with Crippen LogP contribution in [0.3, 0.4) is 0 Å². The van der Waals surface area contributed by atoms with Crippen molar-refractivity contribution < 1.29 is 28.5 Å². The number of hydrogen-bond donors (Lipinski definition) is 0. The first-order chi connectivity index (χ1) is 14.9. The van der Waals surface area contributed by atoms with Gasteiger partial charge in [-0.25, -0.2) is 0 Å². The molecular formula is C24H29NO6. The third kappa shape index (κ3) is 3.47. The smallest absolute Gasteiger partial charge is 0.308 e. The summed E-state index contributed by atoms with van der Waals surface area (Å²) in [5, 5.41) is 0. The van der Waals surface area contributed by atoms with Crippen molar-refractivity contribution in [3.05, 3.63) is 40.5 Å². The van der Waals surface area contributed by atoms with Crippen molar-refractivity contribution in [3.8, 4) is 28.7 Å². The summed E-state index contributed by atoms with van der Waals surface area (Å²) in [6.45, 7) is 1.40. The van der Waals surface area contributed by atoms with Crippen LogP contribution in [0.2, 0.25) is 0 Å². The van der Waals surface area contributed by atoms with E-state index in [4.69, 9.17) is 23.7 Å². The number of nitrogens with zero attached hydrogens (tertiary/aromatic N) is 1. The van der Waals surface area contributed by atoms with E-state index >= 15 is 0 Å². The first-order valence-electron chi connectivity index (χ1n) is 10.4. The van der Waals surface area contributed by atoms with Crippen LogP contribution in [0.25, 0.3) is 0 Å². The summed E-state index contributed by atoms with van der Waals surface area (Å²) in [6.07, 6.45) is 2.56. The molecule has 0 aromatic heterocycles. The quantitative estimate of drug-likeness (QED) is 0.530. The Morgan fingerprint density at radius 2 is 1.55 bits per heavy atom. The van der Waals surface area contributed by atoms with Gasteiger partial charge >= 0.3 is 5.97 Å². The second-order valence-corrected chi connectivity index (χ2v) is 7.95. The predicted molar refractivity (Wildman–Crippen MR) is 116 cm³/mol. The van der Waals surface area contributed by atoms with Crippen LogP contribution in [0, 0.1) is 0 Å². The molecular weight excluding hydrogens is 398 g/mol. The highest BCUT2D eigenvalue weighted by molar-refractivity contribution is 5.71. The lowest BCUT2D eigenvalue weighted by molar-refractivity contribution is -0.132. The first kappa shape index (κ1) is 21.3. The van der Waals surface area contributed by atoms with Gasteiger partial charge in [-0.15, -0.1) is 0 Å². The van der Waals surface area contributed by atoms with E-state index in [0.717, 1.165) is 30.6 Å². The summed E-state index contributed by atoms with van der Waals surface area (Å²) in [4.78, 5) is 14.0. The van der Waals surface area contributed by atoms with Gasteiger partial charge in [-0.3, -0.25) is 9.69 Å². The van der Waals surface area contributed by atoms with E-state index in [2.05, 4.69) is 18.0 Å². The van der Waals surface area contributed by atoms with Crippen LogP contribution in [0.4, 0.5) is 0 Å². The number of rotatable bonds is 5. The summed E-state index contributed by atoms with van der Waals surface area (Å²) < 4.78 is 28.1. The number of esters is 1. The minimum atomic E-state index is -0.363. The average Bonchev–Trinajstić information content (AvgIpc) is 2.84. The van der Waals surface area contributed by atoms with Gasteiger partial charge in [-0.1, -0.05) is 0 Å². The van der Waals surface area contributed by atoms with Gasteiger partial charge in [-0.2, -0.15) is 0 Å². The SMILES string of the molecule is COc1cc2c(cc1OC(C)=O)[C@H]1CCc3cc(OC)c(OC)c(OC)c3[C@@H](C2)N1C. The molecule has 2 heterocycles. The van der Waals surface area contributed by atoms with E-state index in [0.29, 0.717) is 23.0 Å². The molecule has 0 saturated heterocycles. The Morgan fingerprint density at radius 3 is 2.16 bits per heavy atom. The summed E-state index contributed by atoms with van der Waals surface area (Å²) in [5.74, 6) is 2.68. The van der Waals surface area contributed by atoms with Crippen LogP contribution in [0.1, 0.15) is 47.7 Å². The van der Waals surface area contributed by atoms with Crippen LogP contribution < -0.4 is 23.7 Å². The fraction of sp³-hybridized carbons (Fsp3) is 0.458. The van der Waals surface area contributed by atoms with Crippen LogP contribution in [0.15, 0.2) is 18.2 Å². The third-order valence-corrected chi connectivity index (χ3v) is 6.41. The van der Waals surface area contributed by atoms with Gasteiger partial charge in [0, 0.05) is 24.6 Å². The summed E-state index contributed by atoms with van der Waals surface area (Å²) in [6, 6.07) is 6.30. The number of likely N-dealkylation sites (N-methyl/N-ethyl adjacent to an activating group) is 1. The Labute approximate surface area is 182 Å². The largest absolute Gasteiger partial charge is 0.493 e. The van der Waals surface area contributed by atoms with Crippen molar-refractivity contribution in [3.63, 3.8) is 0 Å². The molecule has 2 aromatic rings. The molecule has 2 aliphatic rings. The number of carbonyl (C=O) groups is 1. The molecule has 0 unspecified atom stereocenters. The minimum absolute atomic E-state index is 0.106. The molecule has 31 heavy (non-hydrogen) atoms. The zero-order valence-corrected chi connectivity index (χ0v) is 18.9. The highest BCUT2D eigenvalue weighted by Crippen LogP contribution is 2.53. The lowest BCUT2D eigenvalue weighted by Gasteiger charge is -2.40. The maximum atomic E-state index is 11.6. The Morgan fingerprint density at radius 1 is 0.871 bits per heavy atom. The standard InChI is InChI=1S/C24H29NO6/c1-13(26)31-20-12-16-15(11-19(20)27-3)9-18-22-14(7-8-17(16)25(18)2)10-21(28-4)23(29-5)24(22)30-6/h10-12,17-18H,7-9H2,1-6H3/t17-,18-/m1/s1. The number of carbonyl (C=O) groups excluding carboxylic acids is 1. The molecule has 0 aliphatic carbocycles. The van der Waals surface area contributed by atoms with Gasteiger partial charge in [0.15, 0.2) is 23.0 Å². The van der Waals surface area contributed by atoms with E-state index in [-0.39, 0.29) is 18.1 Å². The van der Waals surface area contributed by atoms with Crippen molar-refractivity contribution in [1.29, 1.82) is 0 Å². The summed E-state index contributed by atoms with van der Waals surface area (Å²) in [7, 11) is 8.67. The van der Waals surface area contributed by atoms with Gasteiger partial charge in [0.05, 0.1) is 28.4 Å². The molecule has 2 atom stereocenters. The number of ether oxygens (including phenoxy) is 5. The molecule has 0 fully saturated rings. The van der Waals surface area contributed by atoms with Gasteiger partial charge < -0.3 is 23.7 Å². The molecule has 7 nitrogen and oxygen atoms in total. The number of aryl methyl sites for hydroxylation is 1. The molecule has 166 valence electrons. The summed E-state index contributed by atoms with van der Waals surface area (Å²) >= 11 is 0. The third-order valence-electron chi connectivity index (χ3n) is 6.41. The number of hydrogen-bond acceptors (Lipinski definition) is 7.